The number of nitrogens with zero attached hydrogens (tertiary/aromatic N) is 2. The summed E-state index contributed by atoms with van der Waals surface area (Å²) >= 11 is 0. The maximum atomic E-state index is 12.3. The molecule has 0 aromatic rings. The summed E-state index contributed by atoms with van der Waals surface area (Å²) in [5.41, 5.74) is 6.10. The molecule has 2 aliphatic carbocycles. The van der Waals surface area contributed by atoms with Crippen molar-refractivity contribution in [2.75, 3.05) is 26.2 Å². The third-order valence-corrected chi connectivity index (χ3v) is 4.83. The molecule has 0 aromatic heterocycles. The molecule has 0 aromatic carbocycles. The number of carbonyl (C=O) groups is 1. The van der Waals surface area contributed by atoms with E-state index >= 15 is 0 Å². The fourth-order valence-corrected chi connectivity index (χ4v) is 3.45. The number of amides is 1. The van der Waals surface area contributed by atoms with Crippen LogP contribution in [0.3, 0.4) is 0 Å². The molecule has 2 N–H and O–H groups in total. The van der Waals surface area contributed by atoms with Crippen LogP contribution in [-0.2, 0) is 4.79 Å². The molecule has 0 radical (unpaired) electrons. The van der Waals surface area contributed by atoms with E-state index in [1.165, 1.54) is 25.7 Å². The second-order valence-electron chi connectivity index (χ2n) is 6.39. The molecular formula is C14H25N3O. The van der Waals surface area contributed by atoms with Crippen LogP contribution in [-0.4, -0.2) is 53.5 Å². The zero-order valence-corrected chi connectivity index (χ0v) is 11.2. The Hall–Kier alpha value is -0.610. The minimum atomic E-state index is -0.190. The van der Waals surface area contributed by atoms with Crippen LogP contribution in [0.15, 0.2) is 0 Å². The van der Waals surface area contributed by atoms with Gasteiger partial charge in [-0.1, -0.05) is 12.8 Å². The standard InChI is InChI=1S/C14H25N3O/c15-14(5-1-2-6-14)11-13(18)17-9-7-16(8-10-17)12-3-4-12/h12H,1-11,15H2. The Bertz CT molecular complexity index is 313. The third kappa shape index (κ3) is 2.69. The molecular weight excluding hydrogens is 226 g/mol. The Morgan fingerprint density at radius 1 is 1.11 bits per heavy atom. The van der Waals surface area contributed by atoms with E-state index in [-0.39, 0.29) is 11.4 Å². The lowest BCUT2D eigenvalue weighted by Gasteiger charge is -2.36. The summed E-state index contributed by atoms with van der Waals surface area (Å²) in [5, 5.41) is 0. The van der Waals surface area contributed by atoms with Gasteiger partial charge in [0.05, 0.1) is 0 Å². The highest BCUT2D eigenvalue weighted by Crippen LogP contribution is 2.31. The largest absolute Gasteiger partial charge is 0.340 e. The summed E-state index contributed by atoms with van der Waals surface area (Å²) in [4.78, 5) is 16.9. The SMILES string of the molecule is NC1(CC(=O)N2CCN(C3CC3)CC2)CCCC1. The highest BCUT2D eigenvalue weighted by molar-refractivity contribution is 5.77. The zero-order valence-electron chi connectivity index (χ0n) is 11.2. The van der Waals surface area contributed by atoms with Crippen molar-refractivity contribution >= 4 is 5.91 Å². The van der Waals surface area contributed by atoms with Crippen LogP contribution in [0.1, 0.15) is 44.9 Å². The highest BCUT2D eigenvalue weighted by Gasteiger charge is 2.36. The molecule has 102 valence electrons. The number of rotatable bonds is 3. The van der Waals surface area contributed by atoms with Crippen LogP contribution in [0, 0.1) is 0 Å². The Morgan fingerprint density at radius 2 is 1.72 bits per heavy atom. The molecule has 4 nitrogen and oxygen atoms in total. The Morgan fingerprint density at radius 3 is 2.28 bits per heavy atom. The maximum absolute atomic E-state index is 12.3. The lowest BCUT2D eigenvalue weighted by atomic mass is 9.94. The van der Waals surface area contributed by atoms with Crippen molar-refractivity contribution in [3.05, 3.63) is 0 Å². The molecule has 3 fully saturated rings. The van der Waals surface area contributed by atoms with E-state index in [2.05, 4.69) is 4.90 Å². The second kappa shape index (κ2) is 4.82. The summed E-state index contributed by atoms with van der Waals surface area (Å²) in [6, 6.07) is 0.831. The van der Waals surface area contributed by atoms with E-state index in [4.69, 9.17) is 5.73 Å². The molecule has 3 rings (SSSR count). The van der Waals surface area contributed by atoms with Gasteiger partial charge in [-0.25, -0.2) is 0 Å². The van der Waals surface area contributed by atoms with E-state index in [1.807, 2.05) is 4.90 Å². The first-order valence-electron chi connectivity index (χ1n) is 7.47. The second-order valence-corrected chi connectivity index (χ2v) is 6.39. The Labute approximate surface area is 109 Å². The molecule has 1 saturated heterocycles. The number of hydrogen-bond donors (Lipinski definition) is 1. The first-order valence-corrected chi connectivity index (χ1v) is 7.47. The van der Waals surface area contributed by atoms with Gasteiger partial charge in [0.25, 0.3) is 0 Å². The van der Waals surface area contributed by atoms with Gasteiger partial charge < -0.3 is 10.6 Å². The van der Waals surface area contributed by atoms with Gasteiger partial charge in [0.15, 0.2) is 0 Å². The average Bonchev–Trinajstić information content (AvgIpc) is 3.13. The van der Waals surface area contributed by atoms with Crippen LogP contribution in [0.25, 0.3) is 0 Å². The molecule has 18 heavy (non-hydrogen) atoms. The molecule has 0 spiro atoms. The van der Waals surface area contributed by atoms with Gasteiger partial charge >= 0.3 is 0 Å². The quantitative estimate of drug-likeness (QED) is 0.812. The van der Waals surface area contributed by atoms with Gasteiger partial charge in [0.2, 0.25) is 5.91 Å². The van der Waals surface area contributed by atoms with Crippen LogP contribution in [0.5, 0.6) is 0 Å². The van der Waals surface area contributed by atoms with Crippen LogP contribution in [0.2, 0.25) is 0 Å². The fraction of sp³-hybridized carbons (Fsp3) is 0.929. The van der Waals surface area contributed by atoms with Crippen molar-refractivity contribution in [3.8, 4) is 0 Å². The third-order valence-electron chi connectivity index (χ3n) is 4.83. The first kappa shape index (κ1) is 12.4. The number of piperazine rings is 1. The van der Waals surface area contributed by atoms with Crippen LogP contribution in [0.4, 0.5) is 0 Å². The van der Waals surface area contributed by atoms with Crippen LogP contribution < -0.4 is 5.73 Å². The summed E-state index contributed by atoms with van der Waals surface area (Å²) in [7, 11) is 0. The molecule has 2 saturated carbocycles. The lowest BCUT2D eigenvalue weighted by molar-refractivity contribution is -0.134. The Kier molecular flexibility index (Phi) is 3.32. The number of nitrogens with two attached hydrogens (primary N) is 1. The number of carbonyl (C=O) groups excluding carboxylic acids is 1. The summed E-state index contributed by atoms with van der Waals surface area (Å²) < 4.78 is 0. The topological polar surface area (TPSA) is 49.6 Å². The smallest absolute Gasteiger partial charge is 0.224 e. The minimum Gasteiger partial charge on any atom is -0.340 e. The summed E-state index contributed by atoms with van der Waals surface area (Å²) in [5.74, 6) is 0.287. The van der Waals surface area contributed by atoms with Gasteiger partial charge in [-0.15, -0.1) is 0 Å². The average molecular weight is 251 g/mol. The molecule has 0 unspecified atom stereocenters. The zero-order chi connectivity index (χ0) is 12.6. The maximum Gasteiger partial charge on any atom is 0.224 e. The van der Waals surface area contributed by atoms with E-state index in [1.54, 1.807) is 0 Å². The van der Waals surface area contributed by atoms with E-state index < -0.39 is 0 Å². The normalized spacial score (nSPS) is 28.6. The predicted molar refractivity (Wildman–Crippen MR) is 71.2 cm³/mol. The predicted octanol–water partition coefficient (Wildman–Crippen LogP) is 0.955. The minimum absolute atomic E-state index is 0.190. The van der Waals surface area contributed by atoms with Gasteiger partial charge in [-0.3, -0.25) is 9.69 Å². The van der Waals surface area contributed by atoms with Crippen LogP contribution >= 0.6 is 0 Å². The summed E-state index contributed by atoms with van der Waals surface area (Å²) in [6.45, 7) is 3.94. The van der Waals surface area contributed by atoms with Gasteiger partial charge in [-0.2, -0.15) is 0 Å². The number of hydrogen-bond acceptors (Lipinski definition) is 3. The fourth-order valence-electron chi connectivity index (χ4n) is 3.45. The molecule has 4 heteroatoms. The Balaban J connectivity index is 1.48. The lowest BCUT2D eigenvalue weighted by Crippen LogP contribution is -2.51. The monoisotopic (exact) mass is 251 g/mol. The highest BCUT2D eigenvalue weighted by atomic mass is 16.2. The van der Waals surface area contributed by atoms with Gasteiger partial charge in [0.1, 0.15) is 0 Å². The van der Waals surface area contributed by atoms with Crippen molar-refractivity contribution < 1.29 is 4.79 Å². The van der Waals surface area contributed by atoms with Crippen molar-refractivity contribution in [1.29, 1.82) is 0 Å². The molecule has 0 bridgehead atoms. The van der Waals surface area contributed by atoms with Crippen molar-refractivity contribution in [3.63, 3.8) is 0 Å². The molecule has 1 aliphatic heterocycles. The van der Waals surface area contributed by atoms with E-state index in [9.17, 15) is 4.79 Å². The van der Waals surface area contributed by atoms with Gasteiger partial charge in [-0.05, 0) is 25.7 Å². The van der Waals surface area contributed by atoms with E-state index in [0.717, 1.165) is 45.1 Å². The van der Waals surface area contributed by atoms with Gasteiger partial charge in [0, 0.05) is 44.2 Å². The molecule has 0 atom stereocenters. The first-order chi connectivity index (χ1) is 8.66. The molecule has 1 heterocycles. The van der Waals surface area contributed by atoms with Crippen molar-refractivity contribution in [2.45, 2.75) is 56.5 Å². The van der Waals surface area contributed by atoms with Crippen molar-refractivity contribution in [2.24, 2.45) is 5.73 Å². The summed E-state index contributed by atoms with van der Waals surface area (Å²) in [6.07, 6.45) is 7.73. The molecule has 3 aliphatic rings. The van der Waals surface area contributed by atoms with E-state index in [0.29, 0.717) is 6.42 Å². The van der Waals surface area contributed by atoms with Crippen molar-refractivity contribution in [1.82, 2.24) is 9.80 Å². The molecule has 1 amide bonds.